The number of hydrogen-bond donors (Lipinski definition) is 1. The topological polar surface area (TPSA) is 15.3 Å². The van der Waals surface area contributed by atoms with Gasteiger partial charge in [-0.05, 0) is 52.1 Å². The second kappa shape index (κ2) is 6.19. The highest BCUT2D eigenvalue weighted by atomic mass is 15.1. The van der Waals surface area contributed by atoms with Gasteiger partial charge in [-0.25, -0.2) is 0 Å². The highest BCUT2D eigenvalue weighted by Gasteiger charge is 2.24. The van der Waals surface area contributed by atoms with Crippen molar-refractivity contribution in [2.75, 3.05) is 26.2 Å². The lowest BCUT2D eigenvalue weighted by Gasteiger charge is -2.35. The maximum absolute atomic E-state index is 3.64. The fraction of sp³-hybridized carbons (Fsp3) is 1.00. The van der Waals surface area contributed by atoms with Gasteiger partial charge in [-0.2, -0.15) is 0 Å². The predicted molar refractivity (Wildman–Crippen MR) is 76.4 cm³/mol. The van der Waals surface area contributed by atoms with Crippen LogP contribution in [0.2, 0.25) is 0 Å². The number of likely N-dealkylation sites (tertiary alicyclic amines) is 1. The number of nitrogens with one attached hydrogen (secondary N) is 1. The quantitative estimate of drug-likeness (QED) is 0.811. The van der Waals surface area contributed by atoms with Gasteiger partial charge in [0.25, 0.3) is 0 Å². The van der Waals surface area contributed by atoms with Crippen LogP contribution in [0, 0.1) is 5.41 Å². The van der Waals surface area contributed by atoms with Crippen molar-refractivity contribution in [1.29, 1.82) is 0 Å². The van der Waals surface area contributed by atoms with E-state index in [0.29, 0.717) is 5.41 Å². The molecule has 1 heterocycles. The second-order valence-corrected chi connectivity index (χ2v) is 7.46. The highest BCUT2D eigenvalue weighted by molar-refractivity contribution is 4.81. The fourth-order valence-electron chi connectivity index (χ4n) is 2.46. The normalized spacial score (nSPS) is 20.3. The van der Waals surface area contributed by atoms with Gasteiger partial charge in [-0.3, -0.25) is 0 Å². The van der Waals surface area contributed by atoms with E-state index in [1.54, 1.807) is 0 Å². The third-order valence-electron chi connectivity index (χ3n) is 3.45. The Morgan fingerprint density at radius 1 is 0.882 bits per heavy atom. The SMILES string of the molecule is CC(C)(CNC(C)(C)C)CN1CCCCCC1. The Morgan fingerprint density at radius 2 is 1.41 bits per heavy atom. The molecule has 1 saturated heterocycles. The lowest BCUT2D eigenvalue weighted by atomic mass is 9.91. The lowest BCUT2D eigenvalue weighted by molar-refractivity contribution is 0.169. The molecule has 0 aromatic rings. The van der Waals surface area contributed by atoms with Crippen LogP contribution in [0.1, 0.15) is 60.3 Å². The molecule has 0 unspecified atom stereocenters. The fourth-order valence-corrected chi connectivity index (χ4v) is 2.46. The van der Waals surface area contributed by atoms with Crippen molar-refractivity contribution in [3.8, 4) is 0 Å². The number of nitrogens with zero attached hydrogens (tertiary/aromatic N) is 1. The minimum absolute atomic E-state index is 0.232. The monoisotopic (exact) mass is 240 g/mol. The highest BCUT2D eigenvalue weighted by Crippen LogP contribution is 2.20. The van der Waals surface area contributed by atoms with Gasteiger partial charge in [-0.1, -0.05) is 26.7 Å². The van der Waals surface area contributed by atoms with Gasteiger partial charge in [0.05, 0.1) is 0 Å². The van der Waals surface area contributed by atoms with Crippen LogP contribution in [0.3, 0.4) is 0 Å². The molecule has 1 aliphatic rings. The molecule has 1 aliphatic heterocycles. The lowest BCUT2D eigenvalue weighted by Crippen LogP contribution is -2.46. The molecule has 1 N–H and O–H groups in total. The molecule has 2 nitrogen and oxygen atoms in total. The van der Waals surface area contributed by atoms with Crippen LogP contribution in [0.4, 0.5) is 0 Å². The average molecular weight is 240 g/mol. The standard InChI is InChI=1S/C15H32N2/c1-14(2,3)16-12-15(4,5)13-17-10-8-6-7-9-11-17/h16H,6-13H2,1-5H3. The Labute approximate surface area is 108 Å². The number of hydrogen-bond acceptors (Lipinski definition) is 2. The van der Waals surface area contributed by atoms with Crippen molar-refractivity contribution in [2.24, 2.45) is 5.41 Å². The maximum Gasteiger partial charge on any atom is 0.00967 e. The molecule has 0 aromatic carbocycles. The third-order valence-corrected chi connectivity index (χ3v) is 3.45. The number of rotatable bonds is 4. The molecule has 0 radical (unpaired) electrons. The van der Waals surface area contributed by atoms with E-state index in [0.717, 1.165) is 6.54 Å². The van der Waals surface area contributed by atoms with E-state index in [2.05, 4.69) is 44.8 Å². The van der Waals surface area contributed by atoms with Crippen LogP contribution >= 0.6 is 0 Å². The summed E-state index contributed by atoms with van der Waals surface area (Å²) in [5.74, 6) is 0. The predicted octanol–water partition coefficient (Wildman–Crippen LogP) is 3.28. The molecule has 0 atom stereocenters. The van der Waals surface area contributed by atoms with Crippen LogP contribution in [0.5, 0.6) is 0 Å². The Kier molecular flexibility index (Phi) is 5.46. The largest absolute Gasteiger partial charge is 0.311 e. The molecule has 0 amide bonds. The Bertz CT molecular complexity index is 207. The molecular formula is C15H32N2. The van der Waals surface area contributed by atoms with Crippen molar-refractivity contribution < 1.29 is 0 Å². The summed E-state index contributed by atoms with van der Waals surface area (Å²) in [5, 5.41) is 3.64. The van der Waals surface area contributed by atoms with Crippen LogP contribution in [-0.2, 0) is 0 Å². The average Bonchev–Trinajstić information content (AvgIpc) is 2.42. The summed E-state index contributed by atoms with van der Waals surface area (Å²) in [6.45, 7) is 16.5. The molecule has 0 bridgehead atoms. The van der Waals surface area contributed by atoms with Crippen LogP contribution < -0.4 is 5.32 Å². The molecule has 0 saturated carbocycles. The van der Waals surface area contributed by atoms with Gasteiger partial charge in [0, 0.05) is 18.6 Å². The molecule has 1 rings (SSSR count). The van der Waals surface area contributed by atoms with Crippen molar-refractivity contribution >= 4 is 0 Å². The first kappa shape index (κ1) is 15.0. The minimum atomic E-state index is 0.232. The zero-order valence-corrected chi connectivity index (χ0v) is 12.6. The van der Waals surface area contributed by atoms with Gasteiger partial charge >= 0.3 is 0 Å². The van der Waals surface area contributed by atoms with E-state index in [1.807, 2.05) is 0 Å². The molecule has 17 heavy (non-hydrogen) atoms. The van der Waals surface area contributed by atoms with Crippen LogP contribution in [0.25, 0.3) is 0 Å². The van der Waals surface area contributed by atoms with Crippen molar-refractivity contribution in [2.45, 2.75) is 65.8 Å². The smallest absolute Gasteiger partial charge is 0.00967 e. The summed E-state index contributed by atoms with van der Waals surface area (Å²) in [6, 6.07) is 0. The molecule has 0 aliphatic carbocycles. The van der Waals surface area contributed by atoms with E-state index >= 15 is 0 Å². The zero-order valence-electron chi connectivity index (χ0n) is 12.6. The van der Waals surface area contributed by atoms with Crippen LogP contribution in [0.15, 0.2) is 0 Å². The summed E-state index contributed by atoms with van der Waals surface area (Å²) >= 11 is 0. The van der Waals surface area contributed by atoms with E-state index in [4.69, 9.17) is 0 Å². The van der Waals surface area contributed by atoms with Gasteiger partial charge in [-0.15, -0.1) is 0 Å². The van der Waals surface area contributed by atoms with Gasteiger partial charge in [0.15, 0.2) is 0 Å². The van der Waals surface area contributed by atoms with E-state index < -0.39 is 0 Å². The summed E-state index contributed by atoms with van der Waals surface area (Å²) in [6.07, 6.45) is 5.64. The van der Waals surface area contributed by atoms with Gasteiger partial charge in [0.2, 0.25) is 0 Å². The zero-order chi connectivity index (χ0) is 12.9. The summed E-state index contributed by atoms with van der Waals surface area (Å²) in [4.78, 5) is 2.66. The van der Waals surface area contributed by atoms with E-state index in [1.165, 1.54) is 45.3 Å². The maximum atomic E-state index is 3.64. The van der Waals surface area contributed by atoms with Crippen molar-refractivity contribution in [3.05, 3.63) is 0 Å². The first-order valence-corrected chi connectivity index (χ1v) is 7.26. The van der Waals surface area contributed by atoms with Gasteiger partial charge in [0.1, 0.15) is 0 Å². The van der Waals surface area contributed by atoms with E-state index in [-0.39, 0.29) is 5.54 Å². The van der Waals surface area contributed by atoms with Gasteiger partial charge < -0.3 is 10.2 Å². The molecule has 0 aromatic heterocycles. The Balaban J connectivity index is 2.36. The van der Waals surface area contributed by atoms with Crippen LogP contribution in [-0.4, -0.2) is 36.6 Å². The molecule has 102 valence electrons. The first-order chi connectivity index (χ1) is 7.79. The molecule has 2 heteroatoms. The Hall–Kier alpha value is -0.0800. The summed E-state index contributed by atoms with van der Waals surface area (Å²) in [5.41, 5.74) is 0.605. The summed E-state index contributed by atoms with van der Waals surface area (Å²) < 4.78 is 0. The molecular weight excluding hydrogens is 208 g/mol. The third kappa shape index (κ3) is 7.05. The van der Waals surface area contributed by atoms with Crippen molar-refractivity contribution in [3.63, 3.8) is 0 Å². The summed E-state index contributed by atoms with van der Waals surface area (Å²) in [7, 11) is 0. The second-order valence-electron chi connectivity index (χ2n) is 7.46. The van der Waals surface area contributed by atoms with Crippen molar-refractivity contribution in [1.82, 2.24) is 10.2 Å². The Morgan fingerprint density at radius 3 is 1.88 bits per heavy atom. The minimum Gasteiger partial charge on any atom is -0.311 e. The van der Waals surface area contributed by atoms with E-state index in [9.17, 15) is 0 Å². The first-order valence-electron chi connectivity index (χ1n) is 7.26. The molecule has 0 spiro atoms. The molecule has 1 fully saturated rings.